The molecule has 1 fully saturated rings. The van der Waals surface area contributed by atoms with Crippen LogP contribution in [-0.4, -0.2) is 43.7 Å². The van der Waals surface area contributed by atoms with E-state index in [2.05, 4.69) is 0 Å². The van der Waals surface area contributed by atoms with Crippen LogP contribution in [-0.2, 0) is 9.53 Å². The lowest BCUT2D eigenvalue weighted by atomic mass is 9.94. The van der Waals surface area contributed by atoms with Gasteiger partial charge >= 0.3 is 0 Å². The molecule has 4 heteroatoms. The average Bonchev–Trinajstić information content (AvgIpc) is 2.31. The minimum atomic E-state index is 0.114. The van der Waals surface area contributed by atoms with Gasteiger partial charge in [-0.15, -0.1) is 0 Å². The summed E-state index contributed by atoms with van der Waals surface area (Å²) in [6.07, 6.45) is 6.94. The average molecular weight is 228 g/mol. The molecule has 94 valence electrons. The molecule has 1 saturated carbocycles. The summed E-state index contributed by atoms with van der Waals surface area (Å²) in [7, 11) is 1.57. The van der Waals surface area contributed by atoms with Crippen molar-refractivity contribution in [2.24, 2.45) is 5.73 Å². The topological polar surface area (TPSA) is 55.6 Å². The molecule has 0 aromatic rings. The lowest BCUT2D eigenvalue weighted by molar-refractivity contribution is -0.138. The third kappa shape index (κ3) is 4.10. The SMILES string of the molecule is COCC(=O)N(CCCN)C1CCCCC1. The van der Waals surface area contributed by atoms with Crippen LogP contribution in [0.1, 0.15) is 38.5 Å². The maximum absolute atomic E-state index is 11.9. The fraction of sp³-hybridized carbons (Fsp3) is 0.917. The van der Waals surface area contributed by atoms with Crippen molar-refractivity contribution >= 4 is 5.91 Å². The Morgan fingerprint density at radius 2 is 2.06 bits per heavy atom. The van der Waals surface area contributed by atoms with Gasteiger partial charge in [-0.2, -0.15) is 0 Å². The molecule has 1 rings (SSSR count). The van der Waals surface area contributed by atoms with Gasteiger partial charge in [0.1, 0.15) is 6.61 Å². The van der Waals surface area contributed by atoms with Gasteiger partial charge in [0, 0.05) is 19.7 Å². The first-order valence-corrected chi connectivity index (χ1v) is 6.28. The van der Waals surface area contributed by atoms with Crippen LogP contribution >= 0.6 is 0 Å². The zero-order chi connectivity index (χ0) is 11.8. The summed E-state index contributed by atoms with van der Waals surface area (Å²) in [4.78, 5) is 13.9. The molecule has 0 bridgehead atoms. The van der Waals surface area contributed by atoms with E-state index in [0.717, 1.165) is 25.8 Å². The number of nitrogens with zero attached hydrogens (tertiary/aromatic N) is 1. The lowest BCUT2D eigenvalue weighted by Gasteiger charge is -2.34. The lowest BCUT2D eigenvalue weighted by Crippen LogP contribution is -2.44. The fourth-order valence-corrected chi connectivity index (χ4v) is 2.37. The number of carbonyl (C=O) groups excluding carboxylic acids is 1. The summed E-state index contributed by atoms with van der Waals surface area (Å²) < 4.78 is 4.93. The summed E-state index contributed by atoms with van der Waals surface area (Å²) in [5.74, 6) is 0.114. The summed E-state index contributed by atoms with van der Waals surface area (Å²) in [5, 5.41) is 0. The Kier molecular flexibility index (Phi) is 6.42. The molecule has 2 N–H and O–H groups in total. The number of carbonyl (C=O) groups is 1. The molecular formula is C12H24N2O2. The second-order valence-electron chi connectivity index (χ2n) is 4.45. The van der Waals surface area contributed by atoms with E-state index in [-0.39, 0.29) is 12.5 Å². The van der Waals surface area contributed by atoms with Crippen LogP contribution in [0.15, 0.2) is 0 Å². The summed E-state index contributed by atoms with van der Waals surface area (Å²) >= 11 is 0. The highest BCUT2D eigenvalue weighted by atomic mass is 16.5. The van der Waals surface area contributed by atoms with E-state index >= 15 is 0 Å². The molecule has 1 aliphatic rings. The van der Waals surface area contributed by atoms with E-state index in [1.54, 1.807) is 7.11 Å². The molecule has 0 aliphatic heterocycles. The minimum Gasteiger partial charge on any atom is -0.375 e. The van der Waals surface area contributed by atoms with Gasteiger partial charge in [0.25, 0.3) is 0 Å². The number of hydrogen-bond donors (Lipinski definition) is 1. The molecule has 0 aromatic heterocycles. The molecule has 1 amide bonds. The summed E-state index contributed by atoms with van der Waals surface area (Å²) in [6, 6.07) is 0.419. The standard InChI is InChI=1S/C12H24N2O2/c1-16-10-12(15)14(9-5-8-13)11-6-3-2-4-7-11/h11H,2-10,13H2,1H3. The minimum absolute atomic E-state index is 0.114. The van der Waals surface area contributed by atoms with Crippen LogP contribution < -0.4 is 5.73 Å². The molecule has 0 radical (unpaired) electrons. The van der Waals surface area contributed by atoms with Crippen LogP contribution in [0, 0.1) is 0 Å². The predicted molar refractivity (Wildman–Crippen MR) is 64.1 cm³/mol. The molecule has 0 unspecified atom stereocenters. The maximum atomic E-state index is 11.9. The summed E-state index contributed by atoms with van der Waals surface area (Å²) in [6.45, 7) is 1.62. The number of methoxy groups -OCH3 is 1. The van der Waals surface area contributed by atoms with Gasteiger partial charge in [-0.1, -0.05) is 19.3 Å². The quantitative estimate of drug-likeness (QED) is 0.742. The van der Waals surface area contributed by atoms with Crippen LogP contribution in [0.3, 0.4) is 0 Å². The highest BCUT2D eigenvalue weighted by molar-refractivity contribution is 5.77. The Morgan fingerprint density at radius 3 is 2.62 bits per heavy atom. The molecule has 16 heavy (non-hydrogen) atoms. The third-order valence-electron chi connectivity index (χ3n) is 3.21. The molecule has 0 saturated heterocycles. The van der Waals surface area contributed by atoms with Crippen LogP contribution in [0.2, 0.25) is 0 Å². The Hall–Kier alpha value is -0.610. The molecule has 0 spiro atoms. The van der Waals surface area contributed by atoms with Crippen molar-refractivity contribution in [1.82, 2.24) is 4.90 Å². The Labute approximate surface area is 98.1 Å². The number of rotatable bonds is 6. The number of amides is 1. The highest BCUT2D eigenvalue weighted by Crippen LogP contribution is 2.22. The second-order valence-corrected chi connectivity index (χ2v) is 4.45. The number of hydrogen-bond acceptors (Lipinski definition) is 3. The van der Waals surface area contributed by atoms with Gasteiger partial charge in [-0.3, -0.25) is 4.79 Å². The van der Waals surface area contributed by atoms with E-state index in [1.807, 2.05) is 4.90 Å². The Morgan fingerprint density at radius 1 is 1.38 bits per heavy atom. The number of nitrogens with two attached hydrogens (primary N) is 1. The van der Waals surface area contributed by atoms with E-state index in [9.17, 15) is 4.79 Å². The molecule has 4 nitrogen and oxygen atoms in total. The first-order chi connectivity index (χ1) is 7.79. The van der Waals surface area contributed by atoms with Gasteiger partial charge < -0.3 is 15.4 Å². The zero-order valence-electron chi connectivity index (χ0n) is 10.3. The first kappa shape index (κ1) is 13.5. The normalized spacial score (nSPS) is 17.4. The predicted octanol–water partition coefficient (Wildman–Crippen LogP) is 1.14. The molecule has 0 aromatic carbocycles. The molecule has 0 atom stereocenters. The van der Waals surface area contributed by atoms with Gasteiger partial charge in [-0.05, 0) is 25.8 Å². The fourth-order valence-electron chi connectivity index (χ4n) is 2.37. The smallest absolute Gasteiger partial charge is 0.248 e. The van der Waals surface area contributed by atoms with Crippen molar-refractivity contribution in [3.8, 4) is 0 Å². The van der Waals surface area contributed by atoms with Crippen LogP contribution in [0.4, 0.5) is 0 Å². The summed E-state index contributed by atoms with van der Waals surface area (Å²) in [5.41, 5.74) is 5.51. The van der Waals surface area contributed by atoms with Crippen LogP contribution in [0.5, 0.6) is 0 Å². The highest BCUT2D eigenvalue weighted by Gasteiger charge is 2.24. The third-order valence-corrected chi connectivity index (χ3v) is 3.21. The monoisotopic (exact) mass is 228 g/mol. The van der Waals surface area contributed by atoms with Gasteiger partial charge in [-0.25, -0.2) is 0 Å². The Balaban J connectivity index is 2.50. The zero-order valence-corrected chi connectivity index (χ0v) is 10.3. The molecular weight excluding hydrogens is 204 g/mol. The van der Waals surface area contributed by atoms with Gasteiger partial charge in [0.05, 0.1) is 0 Å². The van der Waals surface area contributed by atoms with E-state index in [0.29, 0.717) is 12.6 Å². The van der Waals surface area contributed by atoms with Crippen molar-refractivity contribution in [3.63, 3.8) is 0 Å². The largest absolute Gasteiger partial charge is 0.375 e. The van der Waals surface area contributed by atoms with Gasteiger partial charge in [0.15, 0.2) is 0 Å². The molecule has 1 aliphatic carbocycles. The van der Waals surface area contributed by atoms with Crippen molar-refractivity contribution in [3.05, 3.63) is 0 Å². The maximum Gasteiger partial charge on any atom is 0.248 e. The van der Waals surface area contributed by atoms with E-state index in [1.165, 1.54) is 19.3 Å². The first-order valence-electron chi connectivity index (χ1n) is 6.28. The van der Waals surface area contributed by atoms with Crippen molar-refractivity contribution < 1.29 is 9.53 Å². The Bertz CT molecular complexity index is 203. The van der Waals surface area contributed by atoms with Crippen molar-refractivity contribution in [2.75, 3.05) is 26.8 Å². The van der Waals surface area contributed by atoms with Gasteiger partial charge in [0.2, 0.25) is 5.91 Å². The van der Waals surface area contributed by atoms with E-state index < -0.39 is 0 Å². The second kappa shape index (κ2) is 7.63. The van der Waals surface area contributed by atoms with Crippen molar-refractivity contribution in [1.29, 1.82) is 0 Å². The van der Waals surface area contributed by atoms with Crippen LogP contribution in [0.25, 0.3) is 0 Å². The van der Waals surface area contributed by atoms with Crippen molar-refractivity contribution in [2.45, 2.75) is 44.6 Å². The molecule has 0 heterocycles. The number of ether oxygens (including phenoxy) is 1. The van der Waals surface area contributed by atoms with E-state index in [4.69, 9.17) is 10.5 Å².